The first-order valence-corrected chi connectivity index (χ1v) is 7.78. The number of nitrogens with zero attached hydrogens (tertiary/aromatic N) is 1. The van der Waals surface area contributed by atoms with Crippen LogP contribution in [-0.2, 0) is 0 Å². The van der Waals surface area contributed by atoms with Gasteiger partial charge in [-0.15, -0.1) is 0 Å². The number of amides is 1. The predicted octanol–water partition coefficient (Wildman–Crippen LogP) is 4.86. The summed E-state index contributed by atoms with van der Waals surface area (Å²) in [5.41, 5.74) is 0.851. The lowest BCUT2D eigenvalue weighted by molar-refractivity contribution is -0.385. The smallest absolute Gasteiger partial charge is 0.274 e. The normalized spacial score (nSPS) is 10.3. The lowest BCUT2D eigenvalue weighted by atomic mass is 10.1. The van der Waals surface area contributed by atoms with Crippen molar-refractivity contribution in [3.8, 4) is 5.75 Å². The standard InChI is InChI=1S/C16H14Cl2N2O4/c1-3-24-15-11(17)7-10(8-12(15)18)16(21)19-13-5-4-6-14(9(13)2)20(22)23/h4-8H,3H2,1-2H3,(H,19,21). The number of nitrogens with one attached hydrogen (secondary N) is 1. The average Bonchev–Trinajstić information content (AvgIpc) is 2.52. The molecule has 0 aliphatic heterocycles. The monoisotopic (exact) mass is 368 g/mol. The highest BCUT2D eigenvalue weighted by Gasteiger charge is 2.17. The Morgan fingerprint density at radius 2 is 1.92 bits per heavy atom. The van der Waals surface area contributed by atoms with E-state index in [0.717, 1.165) is 0 Å². The summed E-state index contributed by atoms with van der Waals surface area (Å²) in [7, 11) is 0. The summed E-state index contributed by atoms with van der Waals surface area (Å²) in [6.07, 6.45) is 0. The van der Waals surface area contributed by atoms with Crippen LogP contribution in [0.1, 0.15) is 22.8 Å². The number of carbonyl (C=O) groups is 1. The third-order valence-corrected chi connectivity index (χ3v) is 3.86. The van der Waals surface area contributed by atoms with Gasteiger partial charge in [-0.2, -0.15) is 0 Å². The number of hydrogen-bond acceptors (Lipinski definition) is 4. The third kappa shape index (κ3) is 3.77. The lowest BCUT2D eigenvalue weighted by Gasteiger charge is -2.12. The maximum atomic E-state index is 12.4. The van der Waals surface area contributed by atoms with Gasteiger partial charge in [0.1, 0.15) is 0 Å². The fourth-order valence-corrected chi connectivity index (χ4v) is 2.72. The molecule has 2 aromatic carbocycles. The molecule has 2 aromatic rings. The van der Waals surface area contributed by atoms with Crippen molar-refractivity contribution in [2.24, 2.45) is 0 Å². The molecule has 6 nitrogen and oxygen atoms in total. The number of benzene rings is 2. The number of ether oxygens (including phenoxy) is 1. The Morgan fingerprint density at radius 1 is 1.29 bits per heavy atom. The van der Waals surface area contributed by atoms with Crippen LogP contribution in [0.25, 0.3) is 0 Å². The van der Waals surface area contributed by atoms with Crippen LogP contribution in [0.15, 0.2) is 30.3 Å². The van der Waals surface area contributed by atoms with E-state index in [0.29, 0.717) is 23.6 Å². The molecule has 0 aromatic heterocycles. The fraction of sp³-hybridized carbons (Fsp3) is 0.188. The molecule has 0 heterocycles. The van der Waals surface area contributed by atoms with Gasteiger partial charge < -0.3 is 10.1 Å². The van der Waals surface area contributed by atoms with Gasteiger partial charge in [0.15, 0.2) is 5.75 Å². The molecule has 2 rings (SSSR count). The van der Waals surface area contributed by atoms with Crippen molar-refractivity contribution < 1.29 is 14.5 Å². The number of rotatable bonds is 5. The number of nitro benzene ring substituents is 1. The third-order valence-electron chi connectivity index (χ3n) is 3.30. The molecule has 126 valence electrons. The molecular formula is C16H14Cl2N2O4. The SMILES string of the molecule is CCOc1c(Cl)cc(C(=O)Nc2cccc([N+](=O)[O-])c2C)cc1Cl. The van der Waals surface area contributed by atoms with Gasteiger partial charge in [0.2, 0.25) is 0 Å². The highest BCUT2D eigenvalue weighted by molar-refractivity contribution is 6.37. The number of carbonyl (C=O) groups excluding carboxylic acids is 1. The van der Waals surface area contributed by atoms with Crippen molar-refractivity contribution in [2.75, 3.05) is 11.9 Å². The molecule has 0 aliphatic carbocycles. The van der Waals surface area contributed by atoms with Crippen molar-refractivity contribution in [1.29, 1.82) is 0 Å². The topological polar surface area (TPSA) is 81.5 Å². The Bertz CT molecular complexity index is 786. The first-order valence-electron chi connectivity index (χ1n) is 7.02. The van der Waals surface area contributed by atoms with Crippen molar-refractivity contribution >= 4 is 40.5 Å². The molecule has 1 amide bonds. The zero-order valence-electron chi connectivity index (χ0n) is 12.9. The molecule has 0 saturated heterocycles. The lowest BCUT2D eigenvalue weighted by Crippen LogP contribution is -2.13. The van der Waals surface area contributed by atoms with E-state index in [2.05, 4.69) is 5.32 Å². The number of nitro groups is 1. The van der Waals surface area contributed by atoms with Gasteiger partial charge in [-0.3, -0.25) is 14.9 Å². The van der Waals surface area contributed by atoms with Crippen molar-refractivity contribution in [3.05, 3.63) is 61.6 Å². The quantitative estimate of drug-likeness (QED) is 0.603. The number of anilines is 1. The summed E-state index contributed by atoms with van der Waals surface area (Å²) in [6.45, 7) is 3.74. The van der Waals surface area contributed by atoms with Gasteiger partial charge in [-0.05, 0) is 32.0 Å². The molecule has 0 spiro atoms. The van der Waals surface area contributed by atoms with E-state index < -0.39 is 10.8 Å². The summed E-state index contributed by atoms with van der Waals surface area (Å²) in [5, 5.41) is 14.0. The largest absolute Gasteiger partial charge is 0.491 e. The molecular weight excluding hydrogens is 355 g/mol. The van der Waals surface area contributed by atoms with Gasteiger partial charge in [0.05, 0.1) is 32.8 Å². The van der Waals surface area contributed by atoms with Crippen LogP contribution < -0.4 is 10.1 Å². The Kier molecular flexibility index (Phi) is 5.64. The highest BCUT2D eigenvalue weighted by Crippen LogP contribution is 2.34. The van der Waals surface area contributed by atoms with Crippen molar-refractivity contribution in [1.82, 2.24) is 0 Å². The highest BCUT2D eigenvalue weighted by atomic mass is 35.5. The van der Waals surface area contributed by atoms with E-state index in [9.17, 15) is 14.9 Å². The minimum absolute atomic E-state index is 0.0736. The fourth-order valence-electron chi connectivity index (χ4n) is 2.12. The van der Waals surface area contributed by atoms with Crippen LogP contribution in [0.2, 0.25) is 10.0 Å². The maximum absolute atomic E-state index is 12.4. The van der Waals surface area contributed by atoms with Crippen molar-refractivity contribution in [2.45, 2.75) is 13.8 Å². The Hall–Kier alpha value is -2.31. The second kappa shape index (κ2) is 7.51. The molecule has 1 N–H and O–H groups in total. The van der Waals surface area contributed by atoms with E-state index >= 15 is 0 Å². The zero-order chi connectivity index (χ0) is 17.9. The van der Waals surface area contributed by atoms with E-state index in [1.54, 1.807) is 19.9 Å². The van der Waals surface area contributed by atoms with Crippen LogP contribution in [0.3, 0.4) is 0 Å². The number of halogens is 2. The first kappa shape index (κ1) is 18.0. The number of hydrogen-bond donors (Lipinski definition) is 1. The van der Waals surface area contributed by atoms with Crippen LogP contribution in [0, 0.1) is 17.0 Å². The Balaban J connectivity index is 2.31. The molecule has 0 fully saturated rings. The molecule has 0 atom stereocenters. The molecule has 8 heteroatoms. The molecule has 24 heavy (non-hydrogen) atoms. The molecule has 0 bridgehead atoms. The van der Waals surface area contributed by atoms with Gasteiger partial charge in [-0.25, -0.2) is 0 Å². The first-order chi connectivity index (χ1) is 11.3. The van der Waals surface area contributed by atoms with Crippen LogP contribution >= 0.6 is 23.2 Å². The zero-order valence-corrected chi connectivity index (χ0v) is 14.4. The summed E-state index contributed by atoms with van der Waals surface area (Å²) in [4.78, 5) is 22.8. The van der Waals surface area contributed by atoms with Gasteiger partial charge in [0, 0.05) is 11.6 Å². The summed E-state index contributed by atoms with van der Waals surface area (Å²) >= 11 is 12.2. The minimum atomic E-state index is -0.504. The van der Waals surface area contributed by atoms with Gasteiger partial charge in [-0.1, -0.05) is 29.3 Å². The minimum Gasteiger partial charge on any atom is -0.491 e. The van der Waals surface area contributed by atoms with E-state index in [4.69, 9.17) is 27.9 Å². The van der Waals surface area contributed by atoms with Gasteiger partial charge >= 0.3 is 0 Å². The average molecular weight is 369 g/mol. The van der Waals surface area contributed by atoms with Crippen LogP contribution in [-0.4, -0.2) is 17.4 Å². The van der Waals surface area contributed by atoms with Crippen LogP contribution in [0.4, 0.5) is 11.4 Å². The summed E-state index contributed by atoms with van der Waals surface area (Å²) in [5.74, 6) is -0.172. The van der Waals surface area contributed by atoms with Crippen LogP contribution in [0.5, 0.6) is 5.75 Å². The maximum Gasteiger partial charge on any atom is 0.274 e. The Labute approximate surface area is 148 Å². The summed E-state index contributed by atoms with van der Waals surface area (Å²) in [6, 6.07) is 7.31. The molecule has 0 aliphatic rings. The van der Waals surface area contributed by atoms with E-state index in [1.165, 1.54) is 24.3 Å². The second-order valence-corrected chi connectivity index (χ2v) is 5.68. The molecule has 0 unspecified atom stereocenters. The van der Waals surface area contributed by atoms with E-state index in [-0.39, 0.29) is 21.3 Å². The Morgan fingerprint density at radius 3 is 2.46 bits per heavy atom. The van der Waals surface area contributed by atoms with Gasteiger partial charge in [0.25, 0.3) is 11.6 Å². The van der Waals surface area contributed by atoms with Crippen molar-refractivity contribution in [3.63, 3.8) is 0 Å². The predicted molar refractivity (Wildman–Crippen MR) is 93.4 cm³/mol. The second-order valence-electron chi connectivity index (χ2n) is 4.86. The van der Waals surface area contributed by atoms with E-state index in [1.807, 2.05) is 0 Å². The summed E-state index contributed by atoms with van der Waals surface area (Å²) < 4.78 is 5.31. The molecule has 0 saturated carbocycles. The molecule has 0 radical (unpaired) electrons.